The third kappa shape index (κ3) is 2.02. The molecule has 17 heavy (non-hydrogen) atoms. The molecule has 0 aliphatic heterocycles. The normalized spacial score (nSPS) is 12.0. The van der Waals surface area contributed by atoms with E-state index in [-0.39, 0.29) is 5.91 Å². The summed E-state index contributed by atoms with van der Waals surface area (Å²) in [6, 6.07) is 6.14. The van der Waals surface area contributed by atoms with Gasteiger partial charge in [0.1, 0.15) is 0 Å². The van der Waals surface area contributed by atoms with Gasteiger partial charge in [-0.1, -0.05) is 31.8 Å². The van der Waals surface area contributed by atoms with Crippen molar-refractivity contribution in [3.63, 3.8) is 0 Å². The van der Waals surface area contributed by atoms with E-state index in [0.29, 0.717) is 0 Å². The number of hydrogen-bond acceptors (Lipinski definition) is 2. The van der Waals surface area contributed by atoms with Gasteiger partial charge in [-0.05, 0) is 18.6 Å². The van der Waals surface area contributed by atoms with Crippen molar-refractivity contribution in [3.05, 3.63) is 29.3 Å². The van der Waals surface area contributed by atoms with Crippen LogP contribution in [0.4, 0.5) is 0 Å². The zero-order chi connectivity index (χ0) is 12.8. The lowest BCUT2D eigenvalue weighted by Gasteiger charge is -2.15. The Balaban J connectivity index is 2.91. The van der Waals surface area contributed by atoms with Crippen LogP contribution in [0.1, 0.15) is 15.9 Å². The summed E-state index contributed by atoms with van der Waals surface area (Å²) in [7, 11) is -1.53. The Morgan fingerprint density at radius 2 is 1.94 bits per heavy atom. The molecule has 0 atom stereocenters. The molecule has 2 N–H and O–H groups in total. The Hall–Kier alpha value is -1.13. The van der Waals surface area contributed by atoms with Gasteiger partial charge in [0.25, 0.3) is 0 Å². The number of hydrogen-bond donors (Lipinski definition) is 1. The highest BCUT2D eigenvalue weighted by Gasteiger charge is 2.27. The van der Waals surface area contributed by atoms with E-state index in [2.05, 4.69) is 25.7 Å². The predicted octanol–water partition coefficient (Wildman–Crippen LogP) is 2.85. The molecule has 2 aromatic rings. The smallest absolute Gasteiger partial charge is 0.250 e. The van der Waals surface area contributed by atoms with Crippen LogP contribution in [0.15, 0.2) is 18.2 Å². The number of benzene rings is 1. The maximum absolute atomic E-state index is 11.7. The summed E-state index contributed by atoms with van der Waals surface area (Å²) >= 11 is 1.73. The van der Waals surface area contributed by atoms with Crippen molar-refractivity contribution in [3.8, 4) is 0 Å². The van der Waals surface area contributed by atoms with Crippen LogP contribution in [0.25, 0.3) is 10.1 Å². The standard InChI is InChI=1S/C13H17NOSSi/c1-8-6-5-7-9-10(8)11(12(14)15)13(16-9)17(2,3)4/h5-7H,1-4H3,(H2,14,15). The van der Waals surface area contributed by atoms with Gasteiger partial charge in [0.2, 0.25) is 5.91 Å². The molecular weight excluding hydrogens is 246 g/mol. The highest BCUT2D eigenvalue weighted by molar-refractivity contribution is 7.32. The molecule has 1 aromatic heterocycles. The molecule has 0 radical (unpaired) electrons. The molecule has 0 unspecified atom stereocenters. The summed E-state index contributed by atoms with van der Waals surface area (Å²) in [6.07, 6.45) is 0. The zero-order valence-corrected chi connectivity index (χ0v) is 12.4. The van der Waals surface area contributed by atoms with E-state index in [1.54, 1.807) is 11.3 Å². The summed E-state index contributed by atoms with van der Waals surface area (Å²) in [5.41, 5.74) is 7.48. The van der Waals surface area contributed by atoms with Crippen molar-refractivity contribution in [1.29, 1.82) is 0 Å². The maximum atomic E-state index is 11.7. The van der Waals surface area contributed by atoms with Crippen molar-refractivity contribution in [2.24, 2.45) is 5.73 Å². The molecular formula is C13H17NOSSi. The van der Waals surface area contributed by atoms with Gasteiger partial charge in [-0.15, -0.1) is 11.3 Å². The van der Waals surface area contributed by atoms with Gasteiger partial charge in [-0.3, -0.25) is 4.79 Å². The van der Waals surface area contributed by atoms with Crippen LogP contribution in [-0.2, 0) is 0 Å². The minimum Gasteiger partial charge on any atom is -0.366 e. The average Bonchev–Trinajstić information content (AvgIpc) is 2.57. The van der Waals surface area contributed by atoms with Crippen LogP contribution < -0.4 is 10.2 Å². The fraction of sp³-hybridized carbons (Fsp3) is 0.308. The number of nitrogens with two attached hydrogens (primary N) is 1. The molecule has 2 nitrogen and oxygen atoms in total. The summed E-state index contributed by atoms with van der Waals surface area (Å²) < 4.78 is 2.39. The second kappa shape index (κ2) is 3.96. The minimum atomic E-state index is -1.53. The van der Waals surface area contributed by atoms with Crippen molar-refractivity contribution in [2.75, 3.05) is 0 Å². The number of carbonyl (C=O) groups is 1. The van der Waals surface area contributed by atoms with Crippen molar-refractivity contribution >= 4 is 39.9 Å². The lowest BCUT2D eigenvalue weighted by Crippen LogP contribution is -2.39. The van der Waals surface area contributed by atoms with E-state index in [1.807, 2.05) is 19.1 Å². The largest absolute Gasteiger partial charge is 0.366 e. The molecule has 1 aromatic carbocycles. The van der Waals surface area contributed by atoms with E-state index < -0.39 is 8.07 Å². The third-order valence-corrected chi connectivity index (χ3v) is 7.58. The fourth-order valence-corrected chi connectivity index (χ4v) is 5.67. The van der Waals surface area contributed by atoms with E-state index in [9.17, 15) is 4.79 Å². The Bertz CT molecular complexity index is 595. The molecule has 0 spiro atoms. The molecule has 1 amide bonds. The van der Waals surface area contributed by atoms with Crippen LogP contribution in [0.2, 0.25) is 19.6 Å². The fourth-order valence-electron chi connectivity index (χ4n) is 2.08. The zero-order valence-electron chi connectivity index (χ0n) is 10.6. The quantitative estimate of drug-likeness (QED) is 0.832. The number of thiophene rings is 1. The Morgan fingerprint density at radius 1 is 1.29 bits per heavy atom. The predicted molar refractivity (Wildman–Crippen MR) is 78.1 cm³/mol. The molecule has 0 bridgehead atoms. The van der Waals surface area contributed by atoms with E-state index in [4.69, 9.17) is 5.73 Å². The summed E-state index contributed by atoms with van der Waals surface area (Å²) in [5, 5.41) is 1.06. The Kier molecular flexibility index (Phi) is 2.87. The number of amides is 1. The van der Waals surface area contributed by atoms with Gasteiger partial charge in [0, 0.05) is 14.6 Å². The van der Waals surface area contributed by atoms with Crippen LogP contribution in [0, 0.1) is 6.92 Å². The minimum absolute atomic E-state index is 0.289. The molecule has 2 rings (SSSR count). The monoisotopic (exact) mass is 263 g/mol. The van der Waals surface area contributed by atoms with Crippen LogP contribution in [0.5, 0.6) is 0 Å². The Labute approximate surface area is 106 Å². The first-order valence-corrected chi connectivity index (χ1v) is 9.96. The summed E-state index contributed by atoms with van der Waals surface area (Å²) in [5.74, 6) is -0.289. The van der Waals surface area contributed by atoms with Gasteiger partial charge in [-0.2, -0.15) is 0 Å². The molecule has 0 saturated carbocycles. The van der Waals surface area contributed by atoms with Gasteiger partial charge in [0.05, 0.1) is 13.6 Å². The molecule has 1 heterocycles. The number of primary amides is 1. The number of rotatable bonds is 2. The van der Waals surface area contributed by atoms with Crippen molar-refractivity contribution in [1.82, 2.24) is 0 Å². The van der Waals surface area contributed by atoms with Crippen LogP contribution in [-0.4, -0.2) is 14.0 Å². The second-order valence-corrected chi connectivity index (χ2v) is 11.8. The van der Waals surface area contributed by atoms with Gasteiger partial charge < -0.3 is 5.73 Å². The van der Waals surface area contributed by atoms with Crippen molar-refractivity contribution < 1.29 is 4.79 Å². The number of carbonyl (C=O) groups excluding carboxylic acids is 1. The molecule has 90 valence electrons. The number of aryl methyl sites for hydroxylation is 1. The van der Waals surface area contributed by atoms with Gasteiger partial charge in [-0.25, -0.2) is 0 Å². The first-order valence-electron chi connectivity index (χ1n) is 5.65. The highest BCUT2D eigenvalue weighted by atomic mass is 32.1. The van der Waals surface area contributed by atoms with Gasteiger partial charge >= 0.3 is 0 Å². The van der Waals surface area contributed by atoms with E-state index >= 15 is 0 Å². The molecule has 0 fully saturated rings. The summed E-state index contributed by atoms with van der Waals surface area (Å²) in [4.78, 5) is 11.7. The topological polar surface area (TPSA) is 43.1 Å². The third-order valence-electron chi connectivity index (χ3n) is 2.85. The first kappa shape index (κ1) is 12.3. The average molecular weight is 263 g/mol. The van der Waals surface area contributed by atoms with E-state index in [1.165, 1.54) is 9.20 Å². The Morgan fingerprint density at radius 3 is 2.47 bits per heavy atom. The van der Waals surface area contributed by atoms with Crippen molar-refractivity contribution in [2.45, 2.75) is 26.6 Å². The van der Waals surface area contributed by atoms with Crippen LogP contribution in [0.3, 0.4) is 0 Å². The SMILES string of the molecule is Cc1cccc2sc([Si](C)(C)C)c(C(N)=O)c12. The second-order valence-electron chi connectivity index (χ2n) is 5.37. The van der Waals surface area contributed by atoms with Gasteiger partial charge in [0.15, 0.2) is 0 Å². The lowest BCUT2D eigenvalue weighted by atomic mass is 10.1. The molecule has 4 heteroatoms. The molecule has 0 saturated heterocycles. The van der Waals surface area contributed by atoms with E-state index in [0.717, 1.165) is 16.5 Å². The highest BCUT2D eigenvalue weighted by Crippen LogP contribution is 2.29. The maximum Gasteiger partial charge on any atom is 0.250 e. The first-order chi connectivity index (χ1) is 7.82. The molecule has 0 aliphatic carbocycles. The summed E-state index contributed by atoms with van der Waals surface area (Å²) in [6.45, 7) is 8.79. The lowest BCUT2D eigenvalue weighted by molar-refractivity contribution is 0.100. The number of fused-ring (bicyclic) bond motifs is 1. The molecule has 0 aliphatic rings. The van der Waals surface area contributed by atoms with Crippen LogP contribution >= 0.6 is 11.3 Å².